The Morgan fingerprint density at radius 1 is 1.33 bits per heavy atom. The van der Waals surface area contributed by atoms with Crippen molar-refractivity contribution in [2.75, 3.05) is 0 Å². The number of pyridine rings is 2. The quantitative estimate of drug-likeness (QED) is 0.822. The Morgan fingerprint density at radius 2 is 2.06 bits per heavy atom. The molecular formula is C12H10N2O4. The van der Waals surface area contributed by atoms with Crippen LogP contribution in [0.5, 0.6) is 5.75 Å². The Hall–Kier alpha value is -2.63. The van der Waals surface area contributed by atoms with E-state index in [4.69, 9.17) is 5.11 Å². The number of aromatic nitrogens is 2. The topological polar surface area (TPSA) is 92.4 Å². The number of aryl methyl sites for hydroxylation is 1. The molecule has 0 amide bonds. The van der Waals surface area contributed by atoms with E-state index in [1.54, 1.807) is 19.1 Å². The first kappa shape index (κ1) is 11.8. The fourth-order valence-corrected chi connectivity index (χ4v) is 1.57. The number of rotatable bonds is 2. The first-order valence-corrected chi connectivity index (χ1v) is 5.11. The summed E-state index contributed by atoms with van der Waals surface area (Å²) in [6, 6.07) is 5.23. The van der Waals surface area contributed by atoms with Gasteiger partial charge in [-0.3, -0.25) is 14.3 Å². The molecule has 0 unspecified atom stereocenters. The van der Waals surface area contributed by atoms with E-state index in [0.29, 0.717) is 5.69 Å². The van der Waals surface area contributed by atoms with Crippen molar-refractivity contribution in [2.45, 2.75) is 6.92 Å². The van der Waals surface area contributed by atoms with Crippen molar-refractivity contribution in [3.8, 4) is 11.4 Å². The molecule has 92 valence electrons. The number of carboxylic acid groups (broad SMARTS) is 1. The molecular weight excluding hydrogens is 236 g/mol. The van der Waals surface area contributed by atoms with Crippen molar-refractivity contribution in [1.29, 1.82) is 0 Å². The van der Waals surface area contributed by atoms with Crippen molar-refractivity contribution in [3.05, 3.63) is 52.2 Å². The molecule has 0 bridgehead atoms. The third-order valence-electron chi connectivity index (χ3n) is 2.39. The molecule has 0 saturated heterocycles. The van der Waals surface area contributed by atoms with E-state index in [0.717, 1.165) is 22.4 Å². The Balaban J connectivity index is 2.74. The fourth-order valence-electron chi connectivity index (χ4n) is 1.57. The van der Waals surface area contributed by atoms with Gasteiger partial charge in [0.05, 0.1) is 11.9 Å². The number of hydrogen-bond donors (Lipinski definition) is 2. The molecule has 0 aliphatic carbocycles. The van der Waals surface area contributed by atoms with E-state index in [2.05, 4.69) is 4.98 Å². The second-order valence-electron chi connectivity index (χ2n) is 3.74. The third-order valence-corrected chi connectivity index (χ3v) is 2.39. The highest BCUT2D eigenvalue weighted by atomic mass is 16.4. The van der Waals surface area contributed by atoms with Crippen LogP contribution in [-0.4, -0.2) is 25.7 Å². The largest absolute Gasteiger partial charge is 0.508 e. The standard InChI is InChI=1S/C12H10N2O4/c1-7-2-3-8(6-13-7)14-10(12(17)18)4-9(15)5-11(14)16/h2-6,15H,1H3,(H,17,18). The van der Waals surface area contributed by atoms with Crippen molar-refractivity contribution in [2.24, 2.45) is 0 Å². The summed E-state index contributed by atoms with van der Waals surface area (Å²) in [4.78, 5) is 26.8. The van der Waals surface area contributed by atoms with E-state index in [-0.39, 0.29) is 11.4 Å². The van der Waals surface area contributed by atoms with Crippen LogP contribution in [0.1, 0.15) is 16.2 Å². The van der Waals surface area contributed by atoms with Gasteiger partial charge in [-0.1, -0.05) is 0 Å². The van der Waals surface area contributed by atoms with E-state index in [1.165, 1.54) is 6.20 Å². The first-order valence-electron chi connectivity index (χ1n) is 5.11. The monoisotopic (exact) mass is 246 g/mol. The molecule has 6 heteroatoms. The highest BCUT2D eigenvalue weighted by Crippen LogP contribution is 2.13. The van der Waals surface area contributed by atoms with Crippen molar-refractivity contribution in [1.82, 2.24) is 9.55 Å². The summed E-state index contributed by atoms with van der Waals surface area (Å²) in [5.74, 6) is -1.68. The van der Waals surface area contributed by atoms with Crippen LogP contribution >= 0.6 is 0 Å². The Labute approximate surface area is 102 Å². The van der Waals surface area contributed by atoms with Crippen LogP contribution in [0.2, 0.25) is 0 Å². The van der Waals surface area contributed by atoms with Gasteiger partial charge in [0, 0.05) is 17.8 Å². The molecule has 2 aromatic rings. The summed E-state index contributed by atoms with van der Waals surface area (Å²) in [5.41, 5.74) is 0.147. The van der Waals surface area contributed by atoms with Gasteiger partial charge < -0.3 is 10.2 Å². The fraction of sp³-hybridized carbons (Fsp3) is 0.0833. The number of aromatic carboxylic acids is 1. The van der Waals surface area contributed by atoms with Gasteiger partial charge in [0.1, 0.15) is 11.4 Å². The maximum Gasteiger partial charge on any atom is 0.353 e. The van der Waals surface area contributed by atoms with Gasteiger partial charge in [-0.25, -0.2) is 4.79 Å². The minimum atomic E-state index is -1.30. The van der Waals surface area contributed by atoms with Crippen LogP contribution in [0.15, 0.2) is 35.3 Å². The molecule has 0 atom stereocenters. The summed E-state index contributed by atoms with van der Waals surface area (Å²) in [7, 11) is 0. The summed E-state index contributed by atoms with van der Waals surface area (Å²) < 4.78 is 0.981. The molecule has 2 rings (SSSR count). The lowest BCUT2D eigenvalue weighted by Crippen LogP contribution is -2.23. The normalized spacial score (nSPS) is 10.3. The molecule has 0 aliphatic rings. The van der Waals surface area contributed by atoms with Crippen LogP contribution < -0.4 is 5.56 Å². The molecule has 2 heterocycles. The van der Waals surface area contributed by atoms with Crippen LogP contribution in [0.3, 0.4) is 0 Å². The molecule has 2 N–H and O–H groups in total. The lowest BCUT2D eigenvalue weighted by Gasteiger charge is -2.09. The molecule has 0 aromatic carbocycles. The second-order valence-corrected chi connectivity index (χ2v) is 3.74. The van der Waals surface area contributed by atoms with E-state index < -0.39 is 11.5 Å². The van der Waals surface area contributed by atoms with Crippen LogP contribution in [0, 0.1) is 6.92 Å². The van der Waals surface area contributed by atoms with Crippen molar-refractivity contribution >= 4 is 5.97 Å². The van der Waals surface area contributed by atoms with Crippen LogP contribution in [-0.2, 0) is 0 Å². The molecule has 18 heavy (non-hydrogen) atoms. The van der Waals surface area contributed by atoms with Gasteiger partial charge >= 0.3 is 5.97 Å². The lowest BCUT2D eigenvalue weighted by molar-refractivity contribution is 0.0686. The predicted octanol–water partition coefficient (Wildman–Crippen LogP) is 0.945. The second kappa shape index (κ2) is 4.33. The summed E-state index contributed by atoms with van der Waals surface area (Å²) in [5, 5.41) is 18.3. The van der Waals surface area contributed by atoms with Crippen molar-refractivity contribution in [3.63, 3.8) is 0 Å². The molecule has 6 nitrogen and oxygen atoms in total. The third kappa shape index (κ3) is 2.08. The molecule has 2 aromatic heterocycles. The zero-order valence-electron chi connectivity index (χ0n) is 9.49. The number of carboxylic acids is 1. The van der Waals surface area contributed by atoms with Crippen molar-refractivity contribution < 1.29 is 15.0 Å². The van der Waals surface area contributed by atoms with Gasteiger partial charge in [-0.15, -0.1) is 0 Å². The summed E-state index contributed by atoms with van der Waals surface area (Å²) in [6.07, 6.45) is 1.40. The Kier molecular flexibility index (Phi) is 2.85. The maximum absolute atomic E-state index is 11.8. The average molecular weight is 246 g/mol. The molecule has 0 radical (unpaired) electrons. The molecule has 0 aliphatic heterocycles. The van der Waals surface area contributed by atoms with Gasteiger partial charge in [0.15, 0.2) is 0 Å². The van der Waals surface area contributed by atoms with E-state index in [9.17, 15) is 14.7 Å². The zero-order chi connectivity index (χ0) is 13.3. The number of hydrogen-bond acceptors (Lipinski definition) is 4. The zero-order valence-corrected chi connectivity index (χ0v) is 9.49. The molecule has 0 spiro atoms. The van der Waals surface area contributed by atoms with Gasteiger partial charge in [-0.05, 0) is 19.1 Å². The number of nitrogens with zero attached hydrogens (tertiary/aromatic N) is 2. The number of aromatic hydroxyl groups is 1. The predicted molar refractivity (Wildman–Crippen MR) is 63.2 cm³/mol. The van der Waals surface area contributed by atoms with Gasteiger partial charge in [0.2, 0.25) is 0 Å². The minimum Gasteiger partial charge on any atom is -0.508 e. The van der Waals surface area contributed by atoms with Crippen LogP contribution in [0.4, 0.5) is 0 Å². The van der Waals surface area contributed by atoms with Gasteiger partial charge in [0.25, 0.3) is 5.56 Å². The Morgan fingerprint density at radius 3 is 2.61 bits per heavy atom. The maximum atomic E-state index is 11.8. The highest BCUT2D eigenvalue weighted by Gasteiger charge is 2.14. The number of carbonyl (C=O) groups is 1. The van der Waals surface area contributed by atoms with E-state index >= 15 is 0 Å². The Bertz CT molecular complexity index is 659. The minimum absolute atomic E-state index is 0.314. The molecule has 0 saturated carbocycles. The highest BCUT2D eigenvalue weighted by molar-refractivity contribution is 5.86. The first-order chi connectivity index (χ1) is 8.49. The smallest absolute Gasteiger partial charge is 0.353 e. The average Bonchev–Trinajstić information content (AvgIpc) is 2.29. The van der Waals surface area contributed by atoms with Gasteiger partial charge in [-0.2, -0.15) is 0 Å². The summed E-state index contributed by atoms with van der Waals surface area (Å²) >= 11 is 0. The van der Waals surface area contributed by atoms with E-state index in [1.807, 2.05) is 0 Å². The lowest BCUT2D eigenvalue weighted by atomic mass is 10.2. The summed E-state index contributed by atoms with van der Waals surface area (Å²) in [6.45, 7) is 1.78. The SMILES string of the molecule is Cc1ccc(-n2c(C(=O)O)cc(O)cc2=O)cn1. The molecule has 0 fully saturated rings. The van der Waals surface area contributed by atoms with Crippen LogP contribution in [0.25, 0.3) is 5.69 Å².